The minimum Gasteiger partial charge on any atom is -0.385 e. The molecule has 0 heterocycles. The van der Waals surface area contributed by atoms with Crippen molar-refractivity contribution in [3.8, 4) is 0 Å². The van der Waals surface area contributed by atoms with Gasteiger partial charge in [0.15, 0.2) is 0 Å². The van der Waals surface area contributed by atoms with Gasteiger partial charge >= 0.3 is 0 Å². The SMILES string of the molecule is C=Cc1ccccc1CN(C(=C)C1=CC=C(C2=CC=CC2)C1)/C(N)=C\C. The van der Waals surface area contributed by atoms with E-state index in [1.165, 1.54) is 22.3 Å². The van der Waals surface area contributed by atoms with E-state index in [-0.39, 0.29) is 0 Å². The maximum absolute atomic E-state index is 6.32. The smallest absolute Gasteiger partial charge is 0.0990 e. The van der Waals surface area contributed by atoms with Gasteiger partial charge in [0.2, 0.25) is 0 Å². The van der Waals surface area contributed by atoms with Gasteiger partial charge in [-0.3, -0.25) is 0 Å². The maximum Gasteiger partial charge on any atom is 0.0990 e. The number of nitrogens with zero attached hydrogens (tertiary/aromatic N) is 1. The summed E-state index contributed by atoms with van der Waals surface area (Å²) in [5.41, 5.74) is 13.6. The lowest BCUT2D eigenvalue weighted by Crippen LogP contribution is -2.27. The first kappa shape index (κ1) is 17.8. The highest BCUT2D eigenvalue weighted by Crippen LogP contribution is 2.34. The van der Waals surface area contributed by atoms with Gasteiger partial charge in [-0.1, -0.05) is 73.9 Å². The van der Waals surface area contributed by atoms with Crippen LogP contribution in [0.1, 0.15) is 30.9 Å². The number of rotatable bonds is 7. The molecule has 0 bridgehead atoms. The average molecular weight is 342 g/mol. The van der Waals surface area contributed by atoms with Crippen LogP contribution < -0.4 is 5.73 Å². The van der Waals surface area contributed by atoms with E-state index in [1.807, 2.05) is 31.2 Å². The van der Waals surface area contributed by atoms with Crippen LogP contribution in [0.5, 0.6) is 0 Å². The Morgan fingerprint density at radius 2 is 2.00 bits per heavy atom. The molecule has 0 radical (unpaired) electrons. The van der Waals surface area contributed by atoms with Gasteiger partial charge in [0, 0.05) is 5.70 Å². The van der Waals surface area contributed by atoms with E-state index in [1.54, 1.807) is 0 Å². The molecule has 2 N–H and O–H groups in total. The Kier molecular flexibility index (Phi) is 5.43. The molecule has 2 heteroatoms. The predicted molar refractivity (Wildman–Crippen MR) is 112 cm³/mol. The third-order valence-corrected chi connectivity index (χ3v) is 4.96. The standard InChI is InChI=1S/C24H26N2/c1-4-19-10-6-9-13-23(19)17-26(24(25)5-2)18(3)21-14-15-22(16-21)20-11-7-8-12-20/h4-11,13-15H,1,3,12,16-17,25H2,2H3/b24-5-. The zero-order chi connectivity index (χ0) is 18.5. The van der Waals surface area contributed by atoms with Gasteiger partial charge in [0.05, 0.1) is 12.4 Å². The molecule has 0 aromatic heterocycles. The normalized spacial score (nSPS) is 16.2. The third kappa shape index (κ3) is 3.65. The fourth-order valence-electron chi connectivity index (χ4n) is 3.35. The molecule has 0 unspecified atom stereocenters. The quantitative estimate of drug-likeness (QED) is 0.698. The summed E-state index contributed by atoms with van der Waals surface area (Å²) in [6.45, 7) is 10.9. The monoisotopic (exact) mass is 342 g/mol. The van der Waals surface area contributed by atoms with Gasteiger partial charge in [-0.25, -0.2) is 0 Å². The van der Waals surface area contributed by atoms with E-state index < -0.39 is 0 Å². The lowest BCUT2D eigenvalue weighted by atomic mass is 10.0. The highest BCUT2D eigenvalue weighted by molar-refractivity contribution is 5.54. The summed E-state index contributed by atoms with van der Waals surface area (Å²) in [5, 5.41) is 0. The van der Waals surface area contributed by atoms with Crippen molar-refractivity contribution in [3.63, 3.8) is 0 Å². The molecule has 2 aliphatic rings. The highest BCUT2D eigenvalue weighted by Gasteiger charge is 2.20. The van der Waals surface area contributed by atoms with Gasteiger partial charge in [-0.15, -0.1) is 0 Å². The van der Waals surface area contributed by atoms with Crippen LogP contribution in [-0.2, 0) is 6.54 Å². The van der Waals surface area contributed by atoms with Crippen molar-refractivity contribution >= 4 is 6.08 Å². The lowest BCUT2D eigenvalue weighted by Gasteiger charge is -2.28. The van der Waals surface area contributed by atoms with E-state index in [2.05, 4.69) is 60.6 Å². The van der Waals surface area contributed by atoms with Crippen LogP contribution in [-0.4, -0.2) is 4.90 Å². The Hall–Kier alpha value is -3.00. The van der Waals surface area contributed by atoms with Gasteiger partial charge in [-0.2, -0.15) is 0 Å². The summed E-state index contributed by atoms with van der Waals surface area (Å²) in [6.07, 6.45) is 16.6. The molecule has 0 amide bonds. The number of nitrogens with two attached hydrogens (primary N) is 1. The first-order valence-corrected chi connectivity index (χ1v) is 8.98. The Labute approximate surface area is 156 Å². The van der Waals surface area contributed by atoms with E-state index in [0.29, 0.717) is 12.4 Å². The summed E-state index contributed by atoms with van der Waals surface area (Å²) in [4.78, 5) is 2.09. The molecule has 2 aliphatic carbocycles. The zero-order valence-electron chi connectivity index (χ0n) is 15.4. The van der Waals surface area contributed by atoms with Crippen molar-refractivity contribution in [2.24, 2.45) is 5.73 Å². The molecule has 3 rings (SSSR count). The molecule has 2 nitrogen and oxygen atoms in total. The number of hydrogen-bond acceptors (Lipinski definition) is 2. The molecule has 1 aromatic carbocycles. The molecule has 0 fully saturated rings. The second-order valence-electron chi connectivity index (χ2n) is 6.53. The van der Waals surface area contributed by atoms with Crippen molar-refractivity contribution in [1.29, 1.82) is 0 Å². The molecule has 0 atom stereocenters. The van der Waals surface area contributed by atoms with Crippen LogP contribution in [0.2, 0.25) is 0 Å². The first-order chi connectivity index (χ1) is 12.6. The third-order valence-electron chi connectivity index (χ3n) is 4.96. The molecule has 1 aromatic rings. The van der Waals surface area contributed by atoms with Crippen LogP contribution in [0.3, 0.4) is 0 Å². The van der Waals surface area contributed by atoms with Crippen molar-refractivity contribution in [2.75, 3.05) is 0 Å². The van der Waals surface area contributed by atoms with E-state index >= 15 is 0 Å². The molecule has 132 valence electrons. The van der Waals surface area contributed by atoms with Crippen LogP contribution in [0.15, 0.2) is 102 Å². The summed E-state index contributed by atoms with van der Waals surface area (Å²) in [7, 11) is 0. The molecule has 0 aliphatic heterocycles. The molecule has 0 spiro atoms. The number of allylic oxidation sites excluding steroid dienone is 9. The summed E-state index contributed by atoms with van der Waals surface area (Å²) in [5.74, 6) is 0.713. The summed E-state index contributed by atoms with van der Waals surface area (Å²) >= 11 is 0. The topological polar surface area (TPSA) is 29.3 Å². The molecule has 0 saturated carbocycles. The molecule has 0 saturated heterocycles. The van der Waals surface area contributed by atoms with Crippen molar-refractivity contribution in [3.05, 3.63) is 113 Å². The largest absolute Gasteiger partial charge is 0.385 e. The van der Waals surface area contributed by atoms with E-state index in [0.717, 1.165) is 24.1 Å². The maximum atomic E-state index is 6.32. The van der Waals surface area contributed by atoms with Gasteiger partial charge in [0.25, 0.3) is 0 Å². The van der Waals surface area contributed by atoms with E-state index in [4.69, 9.17) is 5.73 Å². The lowest BCUT2D eigenvalue weighted by molar-refractivity contribution is 0.421. The van der Waals surface area contributed by atoms with Crippen LogP contribution in [0, 0.1) is 0 Å². The molecular weight excluding hydrogens is 316 g/mol. The minimum atomic E-state index is 0.675. The fourth-order valence-corrected chi connectivity index (χ4v) is 3.35. The van der Waals surface area contributed by atoms with E-state index in [9.17, 15) is 0 Å². The van der Waals surface area contributed by atoms with Gasteiger partial charge in [0.1, 0.15) is 0 Å². The van der Waals surface area contributed by atoms with Crippen molar-refractivity contribution in [2.45, 2.75) is 26.3 Å². The minimum absolute atomic E-state index is 0.675. The highest BCUT2D eigenvalue weighted by atomic mass is 15.2. The van der Waals surface area contributed by atoms with Crippen LogP contribution in [0.25, 0.3) is 6.08 Å². The van der Waals surface area contributed by atoms with Crippen molar-refractivity contribution < 1.29 is 0 Å². The average Bonchev–Trinajstić information content (AvgIpc) is 3.36. The molecule has 26 heavy (non-hydrogen) atoms. The fraction of sp³-hybridized carbons (Fsp3) is 0.167. The Morgan fingerprint density at radius 1 is 1.19 bits per heavy atom. The van der Waals surface area contributed by atoms with Gasteiger partial charge in [-0.05, 0) is 53.7 Å². The zero-order valence-corrected chi connectivity index (χ0v) is 15.4. The van der Waals surface area contributed by atoms with Crippen LogP contribution >= 0.6 is 0 Å². The Balaban J connectivity index is 1.78. The Morgan fingerprint density at radius 3 is 2.69 bits per heavy atom. The summed E-state index contributed by atoms with van der Waals surface area (Å²) < 4.78 is 0. The van der Waals surface area contributed by atoms with Gasteiger partial charge < -0.3 is 10.6 Å². The summed E-state index contributed by atoms with van der Waals surface area (Å²) in [6, 6.07) is 8.26. The number of benzene rings is 1. The number of hydrogen-bond donors (Lipinski definition) is 1. The second kappa shape index (κ2) is 7.92. The Bertz CT molecular complexity index is 875. The van der Waals surface area contributed by atoms with Crippen LogP contribution in [0.4, 0.5) is 0 Å². The molecular formula is C24H26N2. The predicted octanol–water partition coefficient (Wildman–Crippen LogP) is 5.61. The first-order valence-electron chi connectivity index (χ1n) is 8.98. The van der Waals surface area contributed by atoms with Crippen molar-refractivity contribution in [1.82, 2.24) is 4.90 Å². The second-order valence-corrected chi connectivity index (χ2v) is 6.53.